The number of aliphatic hydroxyl groups is 3. The molecule has 29 heavy (non-hydrogen) atoms. The number of carbonyl (C=O) groups is 5. The molecule has 8 N–H and O–H groups in total. The molecule has 0 saturated heterocycles. The molecule has 0 fully saturated rings. The van der Waals surface area contributed by atoms with Gasteiger partial charge in [-0.25, -0.2) is 14.4 Å². The van der Waals surface area contributed by atoms with E-state index in [-0.39, 0.29) is 0 Å². The highest BCUT2D eigenvalue weighted by molar-refractivity contribution is 5.81. The van der Waals surface area contributed by atoms with Gasteiger partial charge in [-0.3, -0.25) is 9.59 Å². The molecule has 0 aromatic rings. The van der Waals surface area contributed by atoms with Gasteiger partial charge in [0.15, 0.2) is 18.3 Å². The molecule has 0 aromatic carbocycles. The summed E-state index contributed by atoms with van der Waals surface area (Å²) < 4.78 is 9.12. The van der Waals surface area contributed by atoms with Crippen LogP contribution in [0.5, 0.6) is 0 Å². The average molecular weight is 428 g/mol. The second-order valence-corrected chi connectivity index (χ2v) is 5.63. The molecule has 15 heteroatoms. The summed E-state index contributed by atoms with van der Waals surface area (Å²) in [5, 5.41) is 73.3. The largest absolute Gasteiger partial charge is 0.481 e. The van der Waals surface area contributed by atoms with E-state index in [1.807, 2.05) is 0 Å². The molecule has 0 rings (SSSR count). The number of aliphatic carboxylic acids is 5. The maximum Gasteiger partial charge on any atom is 0.335 e. The Kier molecular flexibility index (Phi) is 10.7. The number of ether oxygens (including phenoxy) is 2. The first-order valence-electron chi connectivity index (χ1n) is 7.71. The molecule has 0 aliphatic carbocycles. The summed E-state index contributed by atoms with van der Waals surface area (Å²) >= 11 is 0. The fourth-order valence-corrected chi connectivity index (χ4v) is 1.91. The summed E-state index contributed by atoms with van der Waals surface area (Å²) in [5.74, 6) is -8.80. The van der Waals surface area contributed by atoms with Crippen molar-refractivity contribution < 1.29 is 74.3 Å². The number of hydrogen-bond donors (Lipinski definition) is 8. The molecule has 0 amide bonds. The van der Waals surface area contributed by atoms with Crippen molar-refractivity contribution in [2.75, 3.05) is 6.61 Å². The SMILES string of the molecule is O=C(O)CC(OC[C@@H](O)[C@@H](O)[C@H](O)[C@@H](OC(CC(=O)O)C(=O)O)C(=O)O)C(=O)O. The van der Waals surface area contributed by atoms with Crippen LogP contribution >= 0.6 is 0 Å². The Balaban J connectivity index is 5.15. The van der Waals surface area contributed by atoms with Crippen molar-refractivity contribution >= 4 is 29.8 Å². The van der Waals surface area contributed by atoms with E-state index in [1.54, 1.807) is 0 Å². The van der Waals surface area contributed by atoms with Crippen LogP contribution in [0.1, 0.15) is 12.8 Å². The molecule has 0 aromatic heterocycles. The smallest absolute Gasteiger partial charge is 0.335 e. The number of carboxylic acids is 5. The normalized spacial score (nSPS) is 17.3. The highest BCUT2D eigenvalue weighted by Gasteiger charge is 2.40. The van der Waals surface area contributed by atoms with Gasteiger partial charge < -0.3 is 50.3 Å². The zero-order chi connectivity index (χ0) is 22.9. The van der Waals surface area contributed by atoms with Crippen LogP contribution in [0.2, 0.25) is 0 Å². The quantitative estimate of drug-likeness (QED) is 0.125. The van der Waals surface area contributed by atoms with Crippen LogP contribution in [-0.4, -0.2) is 114 Å². The highest BCUT2D eigenvalue weighted by atomic mass is 16.6. The summed E-state index contributed by atoms with van der Waals surface area (Å²) in [6, 6.07) is 0. The standard InChI is InChI=1S/C14H20O15/c15-4(3-28-5(12(22)23)1-7(16)17)9(20)10(21)11(14(26)27)29-6(13(24)25)2-8(18)19/h4-6,9-11,15,20-21H,1-3H2,(H,16,17)(H,18,19)(H,22,23)(H,24,25)(H,26,27)/t4-,5?,6?,9-,10+,11-/m1/s1. The third-order valence-corrected chi connectivity index (χ3v) is 3.35. The lowest BCUT2D eigenvalue weighted by Crippen LogP contribution is -2.52. The molecule has 0 heterocycles. The van der Waals surface area contributed by atoms with Gasteiger partial charge in [-0.2, -0.15) is 0 Å². The lowest BCUT2D eigenvalue weighted by atomic mass is 10.0. The van der Waals surface area contributed by atoms with Crippen molar-refractivity contribution in [1.29, 1.82) is 0 Å². The maximum absolute atomic E-state index is 11.2. The minimum Gasteiger partial charge on any atom is -0.481 e. The molecule has 2 unspecified atom stereocenters. The summed E-state index contributed by atoms with van der Waals surface area (Å²) in [7, 11) is 0. The van der Waals surface area contributed by atoms with E-state index >= 15 is 0 Å². The monoisotopic (exact) mass is 428 g/mol. The zero-order valence-corrected chi connectivity index (χ0v) is 14.5. The third-order valence-electron chi connectivity index (χ3n) is 3.35. The Hall–Kier alpha value is -2.85. The summed E-state index contributed by atoms with van der Waals surface area (Å²) in [6.45, 7) is -1.05. The molecule has 0 aliphatic heterocycles. The van der Waals surface area contributed by atoms with Gasteiger partial charge in [0.05, 0.1) is 19.4 Å². The van der Waals surface area contributed by atoms with E-state index in [4.69, 9.17) is 25.5 Å². The minimum atomic E-state index is -2.50. The van der Waals surface area contributed by atoms with Crippen molar-refractivity contribution in [2.24, 2.45) is 0 Å². The van der Waals surface area contributed by atoms with Crippen molar-refractivity contribution in [3.05, 3.63) is 0 Å². The van der Waals surface area contributed by atoms with Crippen molar-refractivity contribution in [3.8, 4) is 0 Å². The average Bonchev–Trinajstić information content (AvgIpc) is 2.59. The van der Waals surface area contributed by atoms with Crippen molar-refractivity contribution in [1.82, 2.24) is 0 Å². The molecule has 15 nitrogen and oxygen atoms in total. The van der Waals surface area contributed by atoms with Gasteiger partial charge in [-0.1, -0.05) is 0 Å². The van der Waals surface area contributed by atoms with Crippen LogP contribution in [0.3, 0.4) is 0 Å². The van der Waals surface area contributed by atoms with Gasteiger partial charge in [0.25, 0.3) is 0 Å². The third kappa shape index (κ3) is 9.26. The van der Waals surface area contributed by atoms with Gasteiger partial charge in [0, 0.05) is 0 Å². The number of hydrogen-bond acceptors (Lipinski definition) is 10. The molecule has 6 atom stereocenters. The van der Waals surface area contributed by atoms with Crippen LogP contribution in [0, 0.1) is 0 Å². The Morgan fingerprint density at radius 2 is 1.10 bits per heavy atom. The Labute approximate surface area is 161 Å². The Bertz CT molecular complexity index is 616. The van der Waals surface area contributed by atoms with Gasteiger partial charge in [-0.15, -0.1) is 0 Å². The van der Waals surface area contributed by atoms with E-state index in [9.17, 15) is 39.3 Å². The van der Waals surface area contributed by atoms with Gasteiger partial charge in [-0.05, 0) is 0 Å². The highest BCUT2D eigenvalue weighted by Crippen LogP contribution is 2.14. The van der Waals surface area contributed by atoms with Crippen LogP contribution < -0.4 is 0 Å². The van der Waals surface area contributed by atoms with E-state index in [1.165, 1.54) is 0 Å². The molecule has 0 bridgehead atoms. The first kappa shape index (κ1) is 26.1. The first-order valence-corrected chi connectivity index (χ1v) is 7.71. The molecule has 0 spiro atoms. The van der Waals surface area contributed by atoms with Crippen molar-refractivity contribution in [2.45, 2.75) is 49.5 Å². The Morgan fingerprint density at radius 3 is 1.48 bits per heavy atom. The van der Waals surface area contributed by atoms with Gasteiger partial charge >= 0.3 is 29.8 Å². The predicted molar refractivity (Wildman–Crippen MR) is 83.8 cm³/mol. The summed E-state index contributed by atoms with van der Waals surface area (Å²) in [5.41, 5.74) is 0. The second kappa shape index (κ2) is 11.9. The topological polar surface area (TPSA) is 266 Å². The van der Waals surface area contributed by atoms with E-state index in [0.717, 1.165) is 0 Å². The zero-order valence-electron chi connectivity index (χ0n) is 14.5. The van der Waals surface area contributed by atoms with Crippen LogP contribution in [0.25, 0.3) is 0 Å². The summed E-state index contributed by atoms with van der Waals surface area (Å²) in [6.07, 6.45) is -15.8. The number of rotatable bonds is 15. The number of aliphatic hydroxyl groups excluding tert-OH is 3. The Morgan fingerprint density at radius 1 is 0.655 bits per heavy atom. The molecule has 166 valence electrons. The molecular formula is C14H20O15. The van der Waals surface area contributed by atoms with Gasteiger partial charge in [0.1, 0.15) is 18.3 Å². The number of carboxylic acid groups (broad SMARTS) is 5. The van der Waals surface area contributed by atoms with Crippen LogP contribution in [-0.2, 0) is 33.4 Å². The lowest BCUT2D eigenvalue weighted by Gasteiger charge is -2.29. The van der Waals surface area contributed by atoms with E-state index in [2.05, 4.69) is 9.47 Å². The fourth-order valence-electron chi connectivity index (χ4n) is 1.91. The molecular weight excluding hydrogens is 408 g/mol. The molecule has 0 aliphatic rings. The first-order chi connectivity index (χ1) is 13.3. The molecule has 0 saturated carbocycles. The summed E-state index contributed by atoms with van der Waals surface area (Å²) in [4.78, 5) is 54.1. The lowest BCUT2D eigenvalue weighted by molar-refractivity contribution is -0.191. The van der Waals surface area contributed by atoms with Crippen molar-refractivity contribution in [3.63, 3.8) is 0 Å². The van der Waals surface area contributed by atoms with E-state index in [0.29, 0.717) is 0 Å². The van der Waals surface area contributed by atoms with E-state index < -0.39 is 85.9 Å². The maximum atomic E-state index is 11.2. The van der Waals surface area contributed by atoms with Crippen LogP contribution in [0.15, 0.2) is 0 Å². The molecule has 0 radical (unpaired) electrons. The predicted octanol–water partition coefficient (Wildman–Crippen LogP) is -3.59. The van der Waals surface area contributed by atoms with Gasteiger partial charge in [0.2, 0.25) is 0 Å². The van der Waals surface area contributed by atoms with Crippen LogP contribution in [0.4, 0.5) is 0 Å². The fraction of sp³-hybridized carbons (Fsp3) is 0.643. The second-order valence-electron chi connectivity index (χ2n) is 5.63. The minimum absolute atomic E-state index is 1.00.